The highest BCUT2D eigenvalue weighted by atomic mass is 32.2. The highest BCUT2D eigenvalue weighted by molar-refractivity contribution is 7.99. The van der Waals surface area contributed by atoms with Crippen molar-refractivity contribution < 1.29 is 22.3 Å². The molecule has 0 bridgehead atoms. The molecule has 5 aromatic rings. The lowest BCUT2D eigenvalue weighted by Gasteiger charge is -2.23. The highest BCUT2D eigenvalue weighted by Crippen LogP contribution is 2.22. The molecule has 0 aliphatic carbocycles. The molecule has 0 heterocycles. The van der Waals surface area contributed by atoms with Crippen LogP contribution in [0.5, 0.6) is 5.75 Å². The van der Waals surface area contributed by atoms with Crippen molar-refractivity contribution in [1.82, 2.24) is 9.62 Å². The summed E-state index contributed by atoms with van der Waals surface area (Å²) in [5.74, 6) is 0.616. The minimum atomic E-state index is -4.09. The van der Waals surface area contributed by atoms with Crippen LogP contribution in [0, 0.1) is 5.82 Å². The maximum Gasteiger partial charge on any atom is 0.264 e. The molecule has 0 saturated carbocycles. The van der Waals surface area contributed by atoms with E-state index in [1.807, 2.05) is 36.4 Å². The molecular formula is C36H33FN2O4S2. The molecule has 0 atom stereocenters. The quantitative estimate of drug-likeness (QED) is 0.135. The molecule has 230 valence electrons. The van der Waals surface area contributed by atoms with Gasteiger partial charge in [0.15, 0.2) is 0 Å². The van der Waals surface area contributed by atoms with E-state index in [-0.39, 0.29) is 16.3 Å². The molecule has 9 heteroatoms. The van der Waals surface area contributed by atoms with Gasteiger partial charge >= 0.3 is 0 Å². The molecule has 5 rings (SSSR count). The molecule has 0 aliphatic heterocycles. The summed E-state index contributed by atoms with van der Waals surface area (Å²) in [5.41, 5.74) is 3.83. The Labute approximate surface area is 267 Å². The number of sulfonamides is 1. The number of halogens is 1. The predicted molar refractivity (Wildman–Crippen MR) is 177 cm³/mol. The second-order valence-corrected chi connectivity index (χ2v) is 13.2. The van der Waals surface area contributed by atoms with Gasteiger partial charge in [0, 0.05) is 35.8 Å². The van der Waals surface area contributed by atoms with Crippen molar-refractivity contribution in [3.8, 4) is 16.9 Å². The van der Waals surface area contributed by atoms with Crippen LogP contribution in [0.3, 0.4) is 0 Å². The number of benzene rings is 5. The normalized spacial score (nSPS) is 11.4. The van der Waals surface area contributed by atoms with Crippen molar-refractivity contribution in [2.45, 2.75) is 22.9 Å². The SMILES string of the molecule is COc1cccc(CN(CCSc2ccccc2)Cc2ccc(S(=O)(=O)NC(=O)c3ccc(-c4ccc(F)cc4)cc3)cc2)c1. The van der Waals surface area contributed by atoms with Gasteiger partial charge in [0.2, 0.25) is 0 Å². The van der Waals surface area contributed by atoms with Crippen molar-refractivity contribution in [3.05, 3.63) is 150 Å². The number of thioether (sulfide) groups is 1. The van der Waals surface area contributed by atoms with Gasteiger partial charge in [-0.2, -0.15) is 0 Å². The van der Waals surface area contributed by atoms with Crippen LogP contribution >= 0.6 is 11.8 Å². The van der Waals surface area contributed by atoms with E-state index in [0.717, 1.165) is 40.3 Å². The lowest BCUT2D eigenvalue weighted by atomic mass is 10.0. The molecule has 0 spiro atoms. The van der Waals surface area contributed by atoms with E-state index in [4.69, 9.17) is 4.74 Å². The number of carbonyl (C=O) groups excluding carboxylic acids is 1. The second kappa shape index (κ2) is 15.0. The fourth-order valence-corrected chi connectivity index (χ4v) is 6.69. The molecular weight excluding hydrogens is 608 g/mol. The molecule has 1 amide bonds. The Morgan fingerprint density at radius 2 is 1.42 bits per heavy atom. The number of nitrogens with zero attached hydrogens (tertiary/aromatic N) is 1. The number of nitrogens with one attached hydrogen (secondary N) is 1. The maximum absolute atomic E-state index is 13.2. The highest BCUT2D eigenvalue weighted by Gasteiger charge is 2.19. The topological polar surface area (TPSA) is 75.7 Å². The molecule has 0 fully saturated rings. The lowest BCUT2D eigenvalue weighted by Crippen LogP contribution is -2.30. The molecule has 0 aliphatic rings. The fraction of sp³-hybridized carbons (Fsp3) is 0.139. The molecule has 5 aromatic carbocycles. The van der Waals surface area contributed by atoms with E-state index in [2.05, 4.69) is 27.8 Å². The number of methoxy groups -OCH3 is 1. The number of hydrogen-bond acceptors (Lipinski definition) is 6. The van der Waals surface area contributed by atoms with Gasteiger partial charge in [0.25, 0.3) is 15.9 Å². The largest absolute Gasteiger partial charge is 0.497 e. The number of carbonyl (C=O) groups is 1. The molecule has 0 aromatic heterocycles. The van der Waals surface area contributed by atoms with Crippen LogP contribution in [0.2, 0.25) is 0 Å². The average molecular weight is 641 g/mol. The van der Waals surface area contributed by atoms with Gasteiger partial charge in [-0.05, 0) is 82.9 Å². The Hall–Kier alpha value is -4.44. The summed E-state index contributed by atoms with van der Waals surface area (Å²) >= 11 is 1.79. The standard InChI is InChI=1S/C36H33FN2O4S2/c1-43-33-7-5-6-28(24-33)26-39(22-23-44-34-8-3-2-4-9-34)25-27-10-20-35(21-11-27)45(41,42)38-36(40)31-14-12-29(13-15-31)30-16-18-32(37)19-17-30/h2-21,24H,22-23,25-26H2,1H3,(H,38,40). The van der Waals surface area contributed by atoms with Gasteiger partial charge < -0.3 is 4.74 Å². The van der Waals surface area contributed by atoms with E-state index in [0.29, 0.717) is 13.1 Å². The number of ether oxygens (including phenoxy) is 1. The lowest BCUT2D eigenvalue weighted by molar-refractivity contribution is 0.0981. The maximum atomic E-state index is 13.2. The first-order valence-electron chi connectivity index (χ1n) is 14.3. The van der Waals surface area contributed by atoms with Gasteiger partial charge in [0.1, 0.15) is 11.6 Å². The number of rotatable bonds is 13. The third-order valence-corrected chi connectivity index (χ3v) is 9.49. The van der Waals surface area contributed by atoms with Crippen LogP contribution in [0.15, 0.2) is 137 Å². The zero-order valence-corrected chi connectivity index (χ0v) is 26.4. The van der Waals surface area contributed by atoms with E-state index in [1.54, 1.807) is 67.4 Å². The van der Waals surface area contributed by atoms with Crippen LogP contribution in [0.25, 0.3) is 11.1 Å². The first-order chi connectivity index (χ1) is 21.8. The van der Waals surface area contributed by atoms with Crippen LogP contribution in [0.1, 0.15) is 21.5 Å². The smallest absolute Gasteiger partial charge is 0.264 e. The Morgan fingerprint density at radius 1 is 0.778 bits per heavy atom. The number of hydrogen-bond donors (Lipinski definition) is 1. The van der Waals surface area contributed by atoms with Crippen molar-refractivity contribution in [1.29, 1.82) is 0 Å². The Bertz CT molecular complexity index is 1810. The Morgan fingerprint density at radius 3 is 2.09 bits per heavy atom. The van der Waals surface area contributed by atoms with Gasteiger partial charge in [-0.25, -0.2) is 17.5 Å². The summed E-state index contributed by atoms with van der Waals surface area (Å²) in [5, 5.41) is 0. The first kappa shape index (κ1) is 32.0. The van der Waals surface area contributed by atoms with E-state index in [1.165, 1.54) is 29.2 Å². The molecule has 6 nitrogen and oxygen atoms in total. The fourth-order valence-electron chi connectivity index (χ4n) is 4.78. The summed E-state index contributed by atoms with van der Waals surface area (Å²) in [7, 11) is -2.44. The zero-order valence-electron chi connectivity index (χ0n) is 24.7. The number of amides is 1. The van der Waals surface area contributed by atoms with Crippen LogP contribution < -0.4 is 9.46 Å². The summed E-state index contributed by atoms with van der Waals surface area (Å²) in [4.78, 5) is 16.3. The average Bonchev–Trinajstić information content (AvgIpc) is 3.06. The third-order valence-electron chi connectivity index (χ3n) is 7.15. The zero-order chi connectivity index (χ0) is 31.6. The van der Waals surface area contributed by atoms with Crippen LogP contribution in [-0.2, 0) is 23.1 Å². The Kier molecular flexibility index (Phi) is 10.7. The molecule has 0 saturated heterocycles. The van der Waals surface area contributed by atoms with Crippen LogP contribution in [0.4, 0.5) is 4.39 Å². The third kappa shape index (κ3) is 9.04. The van der Waals surface area contributed by atoms with Gasteiger partial charge in [-0.3, -0.25) is 9.69 Å². The van der Waals surface area contributed by atoms with Gasteiger partial charge in [-0.15, -0.1) is 11.8 Å². The summed E-state index contributed by atoms with van der Waals surface area (Å²) < 4.78 is 46.9. The van der Waals surface area contributed by atoms with Crippen molar-refractivity contribution >= 4 is 27.7 Å². The minimum absolute atomic E-state index is 0.00140. The van der Waals surface area contributed by atoms with Gasteiger partial charge in [-0.1, -0.05) is 66.7 Å². The van der Waals surface area contributed by atoms with E-state index >= 15 is 0 Å². The van der Waals surface area contributed by atoms with E-state index < -0.39 is 15.9 Å². The summed E-state index contributed by atoms with van der Waals surface area (Å²) in [6.45, 7) is 2.12. The molecule has 45 heavy (non-hydrogen) atoms. The summed E-state index contributed by atoms with van der Waals surface area (Å²) in [6.07, 6.45) is 0. The van der Waals surface area contributed by atoms with Gasteiger partial charge in [0.05, 0.1) is 12.0 Å². The Balaban J connectivity index is 1.23. The van der Waals surface area contributed by atoms with Crippen molar-refractivity contribution in [2.75, 3.05) is 19.4 Å². The summed E-state index contributed by atoms with van der Waals surface area (Å²) in [6, 6.07) is 37.3. The molecule has 0 unspecified atom stereocenters. The minimum Gasteiger partial charge on any atom is -0.497 e. The predicted octanol–water partition coefficient (Wildman–Crippen LogP) is 7.41. The van der Waals surface area contributed by atoms with Crippen molar-refractivity contribution in [3.63, 3.8) is 0 Å². The molecule has 1 N–H and O–H groups in total. The van der Waals surface area contributed by atoms with Crippen molar-refractivity contribution in [2.24, 2.45) is 0 Å². The van der Waals surface area contributed by atoms with Crippen LogP contribution in [-0.4, -0.2) is 38.6 Å². The second-order valence-electron chi connectivity index (χ2n) is 10.4. The van der Waals surface area contributed by atoms with E-state index in [9.17, 15) is 17.6 Å². The monoisotopic (exact) mass is 640 g/mol. The first-order valence-corrected chi connectivity index (χ1v) is 16.8. The molecule has 0 radical (unpaired) electrons.